The number of carbonyl (C=O) groups is 1. The van der Waals surface area contributed by atoms with Crippen LogP contribution < -0.4 is 0 Å². The van der Waals surface area contributed by atoms with Crippen molar-refractivity contribution in [2.75, 3.05) is 20.2 Å². The zero-order valence-electron chi connectivity index (χ0n) is 10.7. The second-order valence-corrected chi connectivity index (χ2v) is 6.73. The summed E-state index contributed by atoms with van der Waals surface area (Å²) in [5, 5.41) is 9.59. The summed E-state index contributed by atoms with van der Waals surface area (Å²) in [6.45, 7) is 1.68. The topological polar surface area (TPSA) is 83.9 Å². The first-order valence-corrected chi connectivity index (χ1v) is 7.11. The molecule has 19 heavy (non-hydrogen) atoms. The molecule has 0 bridgehead atoms. The van der Waals surface area contributed by atoms with E-state index in [1.807, 2.05) is 0 Å². The van der Waals surface area contributed by atoms with E-state index in [9.17, 15) is 18.3 Å². The molecule has 2 rings (SSSR count). The maximum atomic E-state index is 12.2. The molecule has 0 aliphatic carbocycles. The molecule has 1 aromatic carbocycles. The average molecular weight is 285 g/mol. The number of hydrogen-bond acceptors (Lipinski definition) is 5. The van der Waals surface area contributed by atoms with Gasteiger partial charge in [0.1, 0.15) is 0 Å². The number of esters is 1. The zero-order chi connectivity index (χ0) is 14.3. The van der Waals surface area contributed by atoms with E-state index in [4.69, 9.17) is 0 Å². The minimum Gasteiger partial charge on any atom is -0.465 e. The maximum Gasteiger partial charge on any atom is 0.337 e. The largest absolute Gasteiger partial charge is 0.465 e. The predicted octanol–water partition coefficient (Wildman–Crippen LogP) is 0.228. The Hall–Kier alpha value is -1.44. The van der Waals surface area contributed by atoms with Crippen LogP contribution in [-0.4, -0.2) is 49.6 Å². The maximum absolute atomic E-state index is 12.2. The Morgan fingerprint density at radius 2 is 2.05 bits per heavy atom. The number of aliphatic hydroxyl groups is 1. The average Bonchev–Trinajstić information content (AvgIpc) is 2.35. The number of nitrogens with zero attached hydrogens (tertiary/aromatic N) is 1. The van der Waals surface area contributed by atoms with Gasteiger partial charge in [-0.3, -0.25) is 0 Å². The van der Waals surface area contributed by atoms with Crippen LogP contribution in [0.3, 0.4) is 0 Å². The minimum atomic E-state index is -3.67. The van der Waals surface area contributed by atoms with Crippen LogP contribution in [0.2, 0.25) is 0 Å². The molecule has 1 fully saturated rings. The zero-order valence-corrected chi connectivity index (χ0v) is 11.5. The molecule has 104 valence electrons. The normalized spacial score (nSPS) is 18.7. The predicted molar refractivity (Wildman–Crippen MR) is 67.2 cm³/mol. The van der Waals surface area contributed by atoms with Gasteiger partial charge < -0.3 is 9.84 Å². The van der Waals surface area contributed by atoms with E-state index in [0.29, 0.717) is 0 Å². The second kappa shape index (κ2) is 4.59. The Balaban J connectivity index is 2.29. The summed E-state index contributed by atoms with van der Waals surface area (Å²) in [6.07, 6.45) is 0. The van der Waals surface area contributed by atoms with Crippen LogP contribution >= 0.6 is 0 Å². The highest BCUT2D eigenvalue weighted by Crippen LogP contribution is 2.27. The lowest BCUT2D eigenvalue weighted by atomic mass is 10.0. The minimum absolute atomic E-state index is 0.0194. The van der Waals surface area contributed by atoms with Crippen LogP contribution in [0.4, 0.5) is 0 Å². The van der Waals surface area contributed by atoms with Gasteiger partial charge in [0.2, 0.25) is 10.0 Å². The summed E-state index contributed by atoms with van der Waals surface area (Å²) in [7, 11) is -2.44. The number of rotatable bonds is 3. The molecule has 1 saturated heterocycles. The van der Waals surface area contributed by atoms with Gasteiger partial charge in [0, 0.05) is 13.1 Å². The lowest BCUT2D eigenvalue weighted by molar-refractivity contribution is -0.0426. The van der Waals surface area contributed by atoms with E-state index in [2.05, 4.69) is 4.74 Å². The highest BCUT2D eigenvalue weighted by Gasteiger charge is 2.43. The van der Waals surface area contributed by atoms with Crippen LogP contribution in [0.25, 0.3) is 0 Å². The molecule has 6 nitrogen and oxygen atoms in total. The van der Waals surface area contributed by atoms with E-state index in [0.717, 1.165) is 0 Å². The molecule has 0 radical (unpaired) electrons. The Kier molecular flexibility index (Phi) is 3.38. The molecule has 1 N–H and O–H groups in total. The molecule has 7 heteroatoms. The Morgan fingerprint density at radius 3 is 2.58 bits per heavy atom. The molecule has 1 aromatic rings. The molecular formula is C12H15NO5S. The number of carbonyl (C=O) groups excluding carboxylic acids is 1. The van der Waals surface area contributed by atoms with Crippen LogP contribution in [0.5, 0.6) is 0 Å². The Bertz CT molecular complexity index is 600. The van der Waals surface area contributed by atoms with E-state index < -0.39 is 21.6 Å². The molecule has 0 spiro atoms. The number of β-amino-alcohol motifs (C(OH)–C–C–N with tert-alkyl or cyclic N) is 1. The number of ether oxygens (including phenoxy) is 1. The molecule has 1 aliphatic heterocycles. The monoisotopic (exact) mass is 285 g/mol. The molecule has 0 atom stereocenters. The van der Waals surface area contributed by atoms with Crippen molar-refractivity contribution in [2.24, 2.45) is 0 Å². The molecule has 1 aliphatic rings. The first kappa shape index (κ1) is 14.0. The lowest BCUT2D eigenvalue weighted by Gasteiger charge is -2.42. The first-order chi connectivity index (χ1) is 8.76. The Morgan fingerprint density at radius 1 is 1.42 bits per heavy atom. The number of hydrogen-bond donors (Lipinski definition) is 1. The third-order valence-corrected chi connectivity index (χ3v) is 4.71. The van der Waals surface area contributed by atoms with Crippen LogP contribution in [-0.2, 0) is 14.8 Å². The third kappa shape index (κ3) is 2.63. The summed E-state index contributed by atoms with van der Waals surface area (Å²) in [4.78, 5) is 11.4. The number of benzene rings is 1. The van der Waals surface area contributed by atoms with Gasteiger partial charge in [0.25, 0.3) is 0 Å². The van der Waals surface area contributed by atoms with Gasteiger partial charge >= 0.3 is 5.97 Å². The summed E-state index contributed by atoms with van der Waals surface area (Å²) in [6, 6.07) is 5.65. The van der Waals surface area contributed by atoms with Gasteiger partial charge in [-0.1, -0.05) is 6.07 Å². The highest BCUT2D eigenvalue weighted by molar-refractivity contribution is 7.89. The van der Waals surface area contributed by atoms with Gasteiger partial charge in [0.05, 0.1) is 23.2 Å². The summed E-state index contributed by atoms with van der Waals surface area (Å²) in [5.74, 6) is -0.590. The third-order valence-electron chi connectivity index (χ3n) is 2.93. The van der Waals surface area contributed by atoms with Crippen LogP contribution in [0.15, 0.2) is 29.2 Å². The Labute approximate surface area is 111 Å². The lowest BCUT2D eigenvalue weighted by Crippen LogP contribution is -2.61. The van der Waals surface area contributed by atoms with Gasteiger partial charge in [-0.2, -0.15) is 4.31 Å². The molecule has 0 saturated carbocycles. The molecule has 0 amide bonds. The van der Waals surface area contributed by atoms with Crippen molar-refractivity contribution in [1.82, 2.24) is 4.31 Å². The van der Waals surface area contributed by atoms with Crippen molar-refractivity contribution in [1.29, 1.82) is 0 Å². The molecule has 0 unspecified atom stereocenters. The summed E-state index contributed by atoms with van der Waals surface area (Å²) < 4.78 is 30.2. The number of sulfonamides is 1. The fourth-order valence-electron chi connectivity index (χ4n) is 1.93. The van der Waals surface area contributed by atoms with E-state index in [1.54, 1.807) is 6.92 Å². The standard InChI is InChI=1S/C12H15NO5S/c1-12(15)7-13(8-12)19(16,17)10-5-3-4-9(6-10)11(14)18-2/h3-6,15H,7-8H2,1-2H3. The number of methoxy groups -OCH3 is 1. The first-order valence-electron chi connectivity index (χ1n) is 5.67. The van der Waals surface area contributed by atoms with Crippen molar-refractivity contribution >= 4 is 16.0 Å². The van der Waals surface area contributed by atoms with Gasteiger partial charge in [-0.05, 0) is 25.1 Å². The van der Waals surface area contributed by atoms with Crippen molar-refractivity contribution in [2.45, 2.75) is 17.4 Å². The smallest absolute Gasteiger partial charge is 0.337 e. The van der Waals surface area contributed by atoms with Crippen LogP contribution in [0, 0.1) is 0 Å². The summed E-state index contributed by atoms with van der Waals surface area (Å²) >= 11 is 0. The van der Waals surface area contributed by atoms with Crippen molar-refractivity contribution in [3.05, 3.63) is 29.8 Å². The molecule has 1 heterocycles. The fraction of sp³-hybridized carbons (Fsp3) is 0.417. The van der Waals surface area contributed by atoms with Crippen LogP contribution in [0.1, 0.15) is 17.3 Å². The fourth-order valence-corrected chi connectivity index (χ4v) is 3.65. The van der Waals surface area contributed by atoms with Crippen molar-refractivity contribution in [3.63, 3.8) is 0 Å². The van der Waals surface area contributed by atoms with Gasteiger partial charge in [-0.15, -0.1) is 0 Å². The quantitative estimate of drug-likeness (QED) is 0.804. The van der Waals surface area contributed by atoms with E-state index >= 15 is 0 Å². The van der Waals surface area contributed by atoms with E-state index in [1.165, 1.54) is 35.7 Å². The molecular weight excluding hydrogens is 270 g/mol. The SMILES string of the molecule is COC(=O)c1cccc(S(=O)(=O)N2CC(C)(O)C2)c1. The van der Waals surface area contributed by atoms with E-state index in [-0.39, 0.29) is 23.5 Å². The summed E-state index contributed by atoms with van der Waals surface area (Å²) in [5.41, 5.74) is -0.802. The van der Waals surface area contributed by atoms with Gasteiger partial charge in [-0.25, -0.2) is 13.2 Å². The molecule has 0 aromatic heterocycles. The van der Waals surface area contributed by atoms with Crippen molar-refractivity contribution in [3.8, 4) is 0 Å². The van der Waals surface area contributed by atoms with Crippen molar-refractivity contribution < 1.29 is 23.1 Å². The second-order valence-electron chi connectivity index (χ2n) is 4.79. The van der Waals surface area contributed by atoms with Gasteiger partial charge in [0.15, 0.2) is 0 Å². The highest BCUT2D eigenvalue weighted by atomic mass is 32.2.